The van der Waals surface area contributed by atoms with E-state index >= 15 is 0 Å². The Balaban J connectivity index is 2.16. The summed E-state index contributed by atoms with van der Waals surface area (Å²) in [6.45, 7) is 0.386. The predicted octanol–water partition coefficient (Wildman–Crippen LogP) is 2.51. The summed E-state index contributed by atoms with van der Waals surface area (Å²) in [6, 6.07) is 11.6. The van der Waals surface area contributed by atoms with Gasteiger partial charge in [0.15, 0.2) is 5.84 Å². The van der Waals surface area contributed by atoms with Gasteiger partial charge in [-0.25, -0.2) is 4.39 Å². The fourth-order valence-corrected chi connectivity index (χ4v) is 1.88. The second kappa shape index (κ2) is 6.44. The lowest BCUT2D eigenvalue weighted by Gasteiger charge is -2.09. The first-order valence-electron chi connectivity index (χ1n) is 6.20. The second-order valence-corrected chi connectivity index (χ2v) is 4.41. The summed E-state index contributed by atoms with van der Waals surface area (Å²) in [4.78, 5) is 0. The van der Waals surface area contributed by atoms with Gasteiger partial charge in [-0.1, -0.05) is 17.1 Å². The molecule has 0 heterocycles. The molecular formula is C16H14FN3O. The van der Waals surface area contributed by atoms with Crippen molar-refractivity contribution >= 4 is 11.5 Å². The highest BCUT2D eigenvalue weighted by atomic mass is 19.1. The van der Waals surface area contributed by atoms with Gasteiger partial charge in [-0.15, -0.1) is 6.42 Å². The Hall–Kier alpha value is -3.00. The van der Waals surface area contributed by atoms with Crippen molar-refractivity contribution < 1.29 is 9.60 Å². The van der Waals surface area contributed by atoms with E-state index in [2.05, 4.69) is 16.4 Å². The Morgan fingerprint density at radius 2 is 2.14 bits per heavy atom. The number of nitrogens with zero attached hydrogens (tertiary/aromatic N) is 1. The first kappa shape index (κ1) is 14.4. The SMILES string of the molecule is C#Cc1cccc(NCc2cc(F)cc(/C(N)=N\O)c2)c1. The van der Waals surface area contributed by atoms with Crippen molar-refractivity contribution in [3.05, 3.63) is 65.0 Å². The second-order valence-electron chi connectivity index (χ2n) is 4.41. The number of benzene rings is 2. The van der Waals surface area contributed by atoms with Gasteiger partial charge in [0, 0.05) is 23.4 Å². The molecule has 2 rings (SSSR count). The quantitative estimate of drug-likeness (QED) is 0.265. The summed E-state index contributed by atoms with van der Waals surface area (Å²) in [5.74, 6) is 1.96. The summed E-state index contributed by atoms with van der Waals surface area (Å²) in [5.41, 5.74) is 8.06. The molecule has 4 nitrogen and oxygen atoms in total. The average molecular weight is 283 g/mol. The molecule has 0 saturated carbocycles. The highest BCUT2D eigenvalue weighted by Crippen LogP contribution is 2.14. The van der Waals surface area contributed by atoms with Gasteiger partial charge in [-0.05, 0) is 42.0 Å². The molecule has 21 heavy (non-hydrogen) atoms. The van der Waals surface area contributed by atoms with E-state index < -0.39 is 5.82 Å². The van der Waals surface area contributed by atoms with Crippen LogP contribution in [-0.4, -0.2) is 11.0 Å². The van der Waals surface area contributed by atoms with Gasteiger partial charge in [-0.2, -0.15) is 0 Å². The summed E-state index contributed by atoms with van der Waals surface area (Å²) >= 11 is 0. The maximum Gasteiger partial charge on any atom is 0.170 e. The van der Waals surface area contributed by atoms with Gasteiger partial charge < -0.3 is 16.3 Å². The lowest BCUT2D eigenvalue weighted by atomic mass is 10.1. The Bertz CT molecular complexity index is 720. The standard InChI is InChI=1S/C16H14FN3O/c1-2-11-4-3-5-15(8-11)19-10-12-6-13(16(18)20-21)9-14(17)7-12/h1,3-9,19,21H,10H2,(H2,18,20). The molecule has 0 spiro atoms. The first-order valence-corrected chi connectivity index (χ1v) is 6.20. The molecule has 0 saturated heterocycles. The molecule has 5 heteroatoms. The zero-order valence-corrected chi connectivity index (χ0v) is 11.2. The maximum absolute atomic E-state index is 13.5. The number of nitrogens with one attached hydrogen (secondary N) is 1. The van der Waals surface area contributed by atoms with Gasteiger partial charge in [0.05, 0.1) is 0 Å². The Labute approximate surface area is 122 Å². The zero-order valence-electron chi connectivity index (χ0n) is 11.2. The van der Waals surface area contributed by atoms with Crippen LogP contribution in [0.2, 0.25) is 0 Å². The van der Waals surface area contributed by atoms with Crippen molar-refractivity contribution in [3.8, 4) is 12.3 Å². The summed E-state index contributed by atoms with van der Waals surface area (Å²) in [5, 5.41) is 14.7. The molecule has 0 fully saturated rings. The van der Waals surface area contributed by atoms with E-state index in [4.69, 9.17) is 17.4 Å². The van der Waals surface area contributed by atoms with Crippen molar-refractivity contribution in [2.75, 3.05) is 5.32 Å². The third-order valence-electron chi connectivity index (χ3n) is 2.89. The van der Waals surface area contributed by atoms with Gasteiger partial charge in [0.25, 0.3) is 0 Å². The lowest BCUT2D eigenvalue weighted by Crippen LogP contribution is -2.14. The van der Waals surface area contributed by atoms with Crippen molar-refractivity contribution in [3.63, 3.8) is 0 Å². The number of anilines is 1. The molecule has 4 N–H and O–H groups in total. The van der Waals surface area contributed by atoms with E-state index in [1.54, 1.807) is 6.07 Å². The third kappa shape index (κ3) is 3.74. The van der Waals surface area contributed by atoms with Crippen LogP contribution in [0.15, 0.2) is 47.6 Å². The van der Waals surface area contributed by atoms with E-state index in [0.29, 0.717) is 17.7 Å². The highest BCUT2D eigenvalue weighted by molar-refractivity contribution is 5.97. The van der Waals surface area contributed by atoms with E-state index in [0.717, 1.165) is 11.3 Å². The van der Waals surface area contributed by atoms with Crippen LogP contribution in [0.4, 0.5) is 10.1 Å². The molecular weight excluding hydrogens is 269 g/mol. The number of hydrogen-bond acceptors (Lipinski definition) is 3. The minimum Gasteiger partial charge on any atom is -0.409 e. The minimum atomic E-state index is -0.451. The van der Waals surface area contributed by atoms with Crippen LogP contribution >= 0.6 is 0 Å². The van der Waals surface area contributed by atoms with Gasteiger partial charge in [0.2, 0.25) is 0 Å². The first-order chi connectivity index (χ1) is 10.1. The lowest BCUT2D eigenvalue weighted by molar-refractivity contribution is 0.318. The smallest absolute Gasteiger partial charge is 0.170 e. The molecule has 0 radical (unpaired) electrons. The molecule has 0 aliphatic rings. The molecule has 2 aromatic rings. The highest BCUT2D eigenvalue weighted by Gasteiger charge is 2.05. The van der Waals surface area contributed by atoms with Gasteiger partial charge in [-0.3, -0.25) is 0 Å². The van der Waals surface area contributed by atoms with E-state index in [-0.39, 0.29) is 5.84 Å². The fourth-order valence-electron chi connectivity index (χ4n) is 1.88. The van der Waals surface area contributed by atoms with E-state index in [9.17, 15) is 4.39 Å². The molecule has 0 unspecified atom stereocenters. The van der Waals surface area contributed by atoms with Crippen LogP contribution in [0.3, 0.4) is 0 Å². The number of halogens is 1. The Kier molecular flexibility index (Phi) is 4.42. The van der Waals surface area contributed by atoms with Crippen molar-refractivity contribution in [1.82, 2.24) is 0 Å². The van der Waals surface area contributed by atoms with Crippen LogP contribution in [0.25, 0.3) is 0 Å². The topological polar surface area (TPSA) is 70.6 Å². The monoisotopic (exact) mass is 283 g/mol. The number of hydrogen-bond donors (Lipinski definition) is 3. The van der Waals surface area contributed by atoms with Crippen LogP contribution in [0.5, 0.6) is 0 Å². The van der Waals surface area contributed by atoms with E-state index in [1.807, 2.05) is 24.3 Å². The normalized spacial score (nSPS) is 11.0. The summed E-state index contributed by atoms with van der Waals surface area (Å²) < 4.78 is 13.5. The fraction of sp³-hybridized carbons (Fsp3) is 0.0625. The molecule has 106 valence electrons. The third-order valence-corrected chi connectivity index (χ3v) is 2.89. The number of amidine groups is 1. The molecule has 0 aliphatic heterocycles. The van der Waals surface area contributed by atoms with Crippen LogP contribution in [0.1, 0.15) is 16.7 Å². The molecule has 0 aliphatic carbocycles. The largest absolute Gasteiger partial charge is 0.409 e. The number of oxime groups is 1. The minimum absolute atomic E-state index is 0.134. The number of nitrogens with two attached hydrogens (primary N) is 1. The number of terminal acetylenes is 1. The van der Waals surface area contributed by atoms with Crippen molar-refractivity contribution in [1.29, 1.82) is 0 Å². The molecule has 0 aromatic heterocycles. The Morgan fingerprint density at radius 3 is 2.86 bits per heavy atom. The molecule has 2 aromatic carbocycles. The van der Waals surface area contributed by atoms with Crippen molar-refractivity contribution in [2.45, 2.75) is 6.54 Å². The van der Waals surface area contributed by atoms with Crippen LogP contribution in [0, 0.1) is 18.2 Å². The Morgan fingerprint density at radius 1 is 1.33 bits per heavy atom. The van der Waals surface area contributed by atoms with Gasteiger partial charge in [0.1, 0.15) is 5.82 Å². The maximum atomic E-state index is 13.5. The van der Waals surface area contributed by atoms with Crippen LogP contribution < -0.4 is 11.1 Å². The molecule has 0 bridgehead atoms. The molecule has 0 atom stereocenters. The van der Waals surface area contributed by atoms with E-state index in [1.165, 1.54) is 12.1 Å². The zero-order chi connectivity index (χ0) is 15.2. The summed E-state index contributed by atoms with van der Waals surface area (Å²) in [7, 11) is 0. The summed E-state index contributed by atoms with van der Waals surface area (Å²) in [6.07, 6.45) is 5.34. The van der Waals surface area contributed by atoms with Crippen LogP contribution in [-0.2, 0) is 6.54 Å². The molecule has 0 amide bonds. The average Bonchev–Trinajstić information content (AvgIpc) is 2.51. The van der Waals surface area contributed by atoms with Gasteiger partial charge >= 0.3 is 0 Å². The number of rotatable bonds is 4. The van der Waals surface area contributed by atoms with Crippen molar-refractivity contribution in [2.24, 2.45) is 10.9 Å². The predicted molar refractivity (Wildman–Crippen MR) is 80.6 cm³/mol.